The predicted molar refractivity (Wildman–Crippen MR) is 84.2 cm³/mol. The number of aryl methyl sites for hydroxylation is 1. The lowest BCUT2D eigenvalue weighted by Crippen LogP contribution is -2.21. The van der Waals surface area contributed by atoms with Crippen molar-refractivity contribution in [2.75, 3.05) is 11.1 Å². The summed E-state index contributed by atoms with van der Waals surface area (Å²) in [5, 5.41) is 14.2. The second-order valence-corrected chi connectivity index (χ2v) is 7.08. The van der Waals surface area contributed by atoms with Gasteiger partial charge in [-0.25, -0.2) is 18.4 Å². The summed E-state index contributed by atoms with van der Waals surface area (Å²) in [5.41, 5.74) is 1.25. The molecule has 2 aromatic rings. The molecule has 1 aliphatic heterocycles. The van der Waals surface area contributed by atoms with Crippen LogP contribution in [0, 0.1) is 6.92 Å². The number of hydrogen-bond acceptors (Lipinski definition) is 6. The summed E-state index contributed by atoms with van der Waals surface area (Å²) in [6, 6.07) is 8.25. The average molecular weight is 317 g/mol. The van der Waals surface area contributed by atoms with Crippen LogP contribution in [0.4, 0.5) is 5.82 Å². The lowest BCUT2D eigenvalue weighted by atomic mass is 10.2. The molecular formula is C15H15N3O3S. The van der Waals surface area contributed by atoms with Crippen molar-refractivity contribution in [3.63, 3.8) is 0 Å². The van der Waals surface area contributed by atoms with Crippen LogP contribution in [0.1, 0.15) is 5.69 Å². The molecular weight excluding hydrogens is 302 g/mol. The molecule has 0 fully saturated rings. The maximum atomic E-state index is 11.4. The minimum absolute atomic E-state index is 0.0158. The van der Waals surface area contributed by atoms with Crippen LogP contribution in [0.3, 0.4) is 0 Å². The second-order valence-electron chi connectivity index (χ2n) is 5.14. The molecule has 0 bridgehead atoms. The number of benzene rings is 1. The van der Waals surface area contributed by atoms with Crippen LogP contribution in [0.25, 0.3) is 11.4 Å². The Hall–Kier alpha value is -2.41. The summed E-state index contributed by atoms with van der Waals surface area (Å²) in [5.74, 6) is 1.03. The number of para-hydroxylation sites is 1. The van der Waals surface area contributed by atoms with Gasteiger partial charge in [-0.05, 0) is 25.1 Å². The Morgan fingerprint density at radius 2 is 2.05 bits per heavy atom. The number of nitrogens with zero attached hydrogens (tertiary/aromatic N) is 2. The Labute approximate surface area is 128 Å². The smallest absolute Gasteiger partial charge is 0.173 e. The van der Waals surface area contributed by atoms with E-state index in [1.807, 2.05) is 6.92 Å². The van der Waals surface area contributed by atoms with Crippen LogP contribution in [0.15, 0.2) is 41.8 Å². The van der Waals surface area contributed by atoms with Gasteiger partial charge in [-0.3, -0.25) is 0 Å². The third-order valence-corrected chi connectivity index (χ3v) is 4.66. The number of aromatic nitrogens is 2. The third-order valence-electron chi connectivity index (χ3n) is 3.26. The fourth-order valence-electron chi connectivity index (χ4n) is 2.28. The van der Waals surface area contributed by atoms with Crippen LogP contribution in [0.2, 0.25) is 0 Å². The summed E-state index contributed by atoms with van der Waals surface area (Å²) in [4.78, 5) is 8.69. The Balaban J connectivity index is 1.91. The normalized spacial score (nSPS) is 19.2. The number of aromatic hydroxyl groups is 1. The molecule has 0 radical (unpaired) electrons. The lowest BCUT2D eigenvalue weighted by Gasteiger charge is -2.12. The Morgan fingerprint density at radius 3 is 2.73 bits per heavy atom. The number of nitrogens with one attached hydrogen (secondary N) is 1. The second kappa shape index (κ2) is 5.42. The number of phenolic OH excluding ortho intramolecular Hbond substituents is 1. The van der Waals surface area contributed by atoms with E-state index < -0.39 is 9.84 Å². The summed E-state index contributed by atoms with van der Waals surface area (Å²) < 4.78 is 22.9. The highest BCUT2D eigenvalue weighted by Gasteiger charge is 2.22. The molecule has 114 valence electrons. The predicted octanol–water partition coefficient (Wildman–Crippen LogP) is 1.88. The maximum Gasteiger partial charge on any atom is 0.173 e. The van der Waals surface area contributed by atoms with Gasteiger partial charge in [0.05, 0.1) is 17.4 Å². The highest BCUT2D eigenvalue weighted by Crippen LogP contribution is 2.27. The van der Waals surface area contributed by atoms with Crippen molar-refractivity contribution in [2.24, 2.45) is 0 Å². The van der Waals surface area contributed by atoms with E-state index in [-0.39, 0.29) is 17.5 Å². The molecule has 2 heterocycles. The first-order chi connectivity index (χ1) is 10.4. The zero-order chi connectivity index (χ0) is 15.7. The quantitative estimate of drug-likeness (QED) is 0.898. The van der Waals surface area contributed by atoms with Crippen LogP contribution in [0.5, 0.6) is 5.75 Å². The fourth-order valence-corrected chi connectivity index (χ4v) is 3.52. The molecule has 1 aromatic heterocycles. The molecule has 3 rings (SSSR count). The number of phenols is 1. The van der Waals surface area contributed by atoms with Crippen molar-refractivity contribution in [3.05, 3.63) is 47.5 Å². The minimum Gasteiger partial charge on any atom is -0.507 e. The van der Waals surface area contributed by atoms with Crippen molar-refractivity contribution in [3.8, 4) is 17.1 Å². The summed E-state index contributed by atoms with van der Waals surface area (Å²) in [6.45, 7) is 1.82. The molecule has 22 heavy (non-hydrogen) atoms. The molecule has 0 saturated heterocycles. The molecule has 0 saturated carbocycles. The number of sulfone groups is 1. The van der Waals surface area contributed by atoms with Gasteiger partial charge >= 0.3 is 0 Å². The van der Waals surface area contributed by atoms with E-state index >= 15 is 0 Å². The molecule has 2 N–H and O–H groups in total. The Kier molecular flexibility index (Phi) is 3.58. The molecule has 0 amide bonds. The monoisotopic (exact) mass is 317 g/mol. The standard InChI is InChI=1S/C15H15N3O3S/c1-10-8-14(17-11-6-7-22(20,21)9-11)18-15(16-10)12-4-2-3-5-13(12)19/h2-8,11,19H,9H2,1H3,(H,16,17,18)/t11-/m1/s1. The van der Waals surface area contributed by atoms with Gasteiger partial charge in [-0.1, -0.05) is 12.1 Å². The summed E-state index contributed by atoms with van der Waals surface area (Å²) in [7, 11) is -3.12. The highest BCUT2D eigenvalue weighted by atomic mass is 32.2. The van der Waals surface area contributed by atoms with Crippen LogP contribution < -0.4 is 5.32 Å². The van der Waals surface area contributed by atoms with E-state index in [4.69, 9.17) is 0 Å². The molecule has 0 spiro atoms. The molecule has 7 heteroatoms. The Morgan fingerprint density at radius 1 is 1.27 bits per heavy atom. The first-order valence-electron chi connectivity index (χ1n) is 6.74. The number of hydrogen-bond donors (Lipinski definition) is 2. The minimum atomic E-state index is -3.12. The molecule has 0 aliphatic carbocycles. The van der Waals surface area contributed by atoms with Crippen molar-refractivity contribution in [2.45, 2.75) is 13.0 Å². The van der Waals surface area contributed by atoms with E-state index in [9.17, 15) is 13.5 Å². The molecule has 1 aromatic carbocycles. The topological polar surface area (TPSA) is 92.2 Å². The highest BCUT2D eigenvalue weighted by molar-refractivity contribution is 7.94. The Bertz CT molecular complexity index is 847. The van der Waals surface area contributed by atoms with E-state index in [0.717, 1.165) is 5.69 Å². The van der Waals surface area contributed by atoms with Gasteiger partial charge in [0.25, 0.3) is 0 Å². The van der Waals surface area contributed by atoms with Crippen molar-refractivity contribution in [1.29, 1.82) is 0 Å². The van der Waals surface area contributed by atoms with Gasteiger partial charge in [-0.2, -0.15) is 0 Å². The largest absolute Gasteiger partial charge is 0.507 e. The van der Waals surface area contributed by atoms with Crippen LogP contribution in [-0.2, 0) is 9.84 Å². The summed E-state index contributed by atoms with van der Waals surface area (Å²) >= 11 is 0. The van der Waals surface area contributed by atoms with Gasteiger partial charge in [-0.15, -0.1) is 0 Å². The number of anilines is 1. The van der Waals surface area contributed by atoms with E-state index in [1.165, 1.54) is 5.41 Å². The lowest BCUT2D eigenvalue weighted by molar-refractivity contribution is 0.477. The van der Waals surface area contributed by atoms with Crippen molar-refractivity contribution in [1.82, 2.24) is 9.97 Å². The van der Waals surface area contributed by atoms with Gasteiger partial charge < -0.3 is 10.4 Å². The van der Waals surface area contributed by atoms with Gasteiger partial charge in [0.1, 0.15) is 11.6 Å². The van der Waals surface area contributed by atoms with Crippen LogP contribution >= 0.6 is 0 Å². The summed E-state index contributed by atoms with van der Waals surface area (Å²) in [6.07, 6.45) is 1.60. The van der Waals surface area contributed by atoms with E-state index in [2.05, 4.69) is 15.3 Å². The van der Waals surface area contributed by atoms with Gasteiger partial charge in [0.15, 0.2) is 15.7 Å². The third kappa shape index (κ3) is 3.09. The zero-order valence-electron chi connectivity index (χ0n) is 11.9. The number of rotatable bonds is 3. The first kappa shape index (κ1) is 14.5. The average Bonchev–Trinajstić information content (AvgIpc) is 2.77. The zero-order valence-corrected chi connectivity index (χ0v) is 12.7. The van der Waals surface area contributed by atoms with Crippen molar-refractivity contribution >= 4 is 15.7 Å². The van der Waals surface area contributed by atoms with Gasteiger partial charge in [0.2, 0.25) is 0 Å². The first-order valence-corrected chi connectivity index (χ1v) is 8.46. The van der Waals surface area contributed by atoms with E-state index in [1.54, 1.807) is 36.4 Å². The van der Waals surface area contributed by atoms with Crippen molar-refractivity contribution < 1.29 is 13.5 Å². The van der Waals surface area contributed by atoms with E-state index in [0.29, 0.717) is 17.2 Å². The molecule has 6 nitrogen and oxygen atoms in total. The maximum absolute atomic E-state index is 11.4. The SMILES string of the molecule is Cc1cc(N[C@@H]2C=CS(=O)(=O)C2)nc(-c2ccccc2O)n1. The molecule has 1 aliphatic rings. The van der Waals surface area contributed by atoms with Crippen LogP contribution in [-0.4, -0.2) is 35.3 Å². The van der Waals surface area contributed by atoms with Gasteiger partial charge in [0, 0.05) is 17.2 Å². The fraction of sp³-hybridized carbons (Fsp3) is 0.200. The molecule has 0 unspecified atom stereocenters. The molecule has 1 atom stereocenters.